The van der Waals surface area contributed by atoms with Gasteiger partial charge in [-0.3, -0.25) is 19.6 Å². The van der Waals surface area contributed by atoms with Gasteiger partial charge in [0.2, 0.25) is 5.91 Å². The third kappa shape index (κ3) is 3.75. The topological polar surface area (TPSA) is 93.3 Å². The number of nitrogens with zero attached hydrogens (tertiary/aromatic N) is 4. The largest absolute Gasteiger partial charge is 0.341 e. The van der Waals surface area contributed by atoms with E-state index in [1.54, 1.807) is 0 Å². The Kier molecular flexibility index (Phi) is 4.45. The van der Waals surface area contributed by atoms with E-state index in [1.807, 2.05) is 4.90 Å². The van der Waals surface area contributed by atoms with E-state index in [2.05, 4.69) is 10.4 Å². The van der Waals surface area contributed by atoms with Crippen LogP contribution >= 0.6 is 0 Å². The lowest BCUT2D eigenvalue weighted by Gasteiger charge is -2.19. The number of carbonyl (C=O) groups is 1. The second kappa shape index (κ2) is 6.28. The first-order chi connectivity index (χ1) is 9.16. The maximum absolute atomic E-state index is 12.0. The molecule has 1 fully saturated rings. The molecule has 0 unspecified atom stereocenters. The van der Waals surface area contributed by atoms with Gasteiger partial charge in [-0.1, -0.05) is 0 Å². The lowest BCUT2D eigenvalue weighted by molar-refractivity contribution is -0.385. The number of rotatable bonds is 4. The van der Waals surface area contributed by atoms with E-state index in [-0.39, 0.29) is 11.6 Å². The van der Waals surface area contributed by atoms with E-state index in [0.717, 1.165) is 32.6 Å². The van der Waals surface area contributed by atoms with Crippen molar-refractivity contribution in [1.82, 2.24) is 20.0 Å². The molecule has 1 N–H and O–H groups in total. The lowest BCUT2D eigenvalue weighted by Crippen LogP contribution is -2.34. The van der Waals surface area contributed by atoms with Crippen molar-refractivity contribution in [3.05, 3.63) is 22.5 Å². The number of amides is 1. The average Bonchev–Trinajstić information content (AvgIpc) is 2.70. The molecular formula is C11H17N5O3. The van der Waals surface area contributed by atoms with Gasteiger partial charge in [-0.15, -0.1) is 0 Å². The monoisotopic (exact) mass is 267 g/mol. The second-order valence-corrected chi connectivity index (χ2v) is 4.45. The highest BCUT2D eigenvalue weighted by molar-refractivity contribution is 5.76. The minimum Gasteiger partial charge on any atom is -0.341 e. The zero-order valence-electron chi connectivity index (χ0n) is 10.6. The Labute approximate surface area is 110 Å². The quantitative estimate of drug-likeness (QED) is 0.612. The van der Waals surface area contributed by atoms with Crippen LogP contribution in [0.5, 0.6) is 0 Å². The summed E-state index contributed by atoms with van der Waals surface area (Å²) in [7, 11) is 0. The van der Waals surface area contributed by atoms with Crippen LogP contribution in [0.25, 0.3) is 0 Å². The van der Waals surface area contributed by atoms with Crippen molar-refractivity contribution >= 4 is 11.6 Å². The number of hydrogen-bond donors (Lipinski definition) is 1. The van der Waals surface area contributed by atoms with Crippen molar-refractivity contribution in [1.29, 1.82) is 0 Å². The Balaban J connectivity index is 1.83. The van der Waals surface area contributed by atoms with Gasteiger partial charge in [0.25, 0.3) is 0 Å². The number of aromatic nitrogens is 2. The lowest BCUT2D eigenvalue weighted by atomic mass is 10.3. The van der Waals surface area contributed by atoms with Gasteiger partial charge >= 0.3 is 5.69 Å². The fraction of sp³-hybridized carbons (Fsp3) is 0.636. The van der Waals surface area contributed by atoms with Gasteiger partial charge in [-0.2, -0.15) is 5.10 Å². The van der Waals surface area contributed by atoms with Crippen molar-refractivity contribution in [3.8, 4) is 0 Å². The maximum Gasteiger partial charge on any atom is 0.306 e. The standard InChI is InChI=1S/C11H17N5O3/c17-11(14-5-1-3-12-4-7-14)2-6-15-9-10(8-13-15)16(18)19/h8-9,12H,1-7H2. The van der Waals surface area contributed by atoms with Gasteiger partial charge in [0, 0.05) is 32.6 Å². The van der Waals surface area contributed by atoms with Crippen LogP contribution < -0.4 is 5.32 Å². The number of nitro groups is 1. The van der Waals surface area contributed by atoms with E-state index < -0.39 is 4.92 Å². The van der Waals surface area contributed by atoms with Gasteiger partial charge < -0.3 is 10.2 Å². The maximum atomic E-state index is 12.0. The highest BCUT2D eigenvalue weighted by atomic mass is 16.6. The molecule has 19 heavy (non-hydrogen) atoms. The molecule has 0 saturated carbocycles. The molecule has 1 aliphatic rings. The third-order valence-electron chi connectivity index (χ3n) is 3.08. The molecule has 8 heteroatoms. The molecule has 1 aromatic heterocycles. The summed E-state index contributed by atoms with van der Waals surface area (Å²) < 4.78 is 1.44. The molecule has 2 heterocycles. The van der Waals surface area contributed by atoms with Crippen LogP contribution in [0.15, 0.2) is 12.4 Å². The normalized spacial score (nSPS) is 16.1. The summed E-state index contributed by atoms with van der Waals surface area (Å²) in [5, 5.41) is 17.6. The molecule has 1 amide bonds. The molecule has 1 aliphatic heterocycles. The molecule has 0 bridgehead atoms. The Morgan fingerprint density at radius 1 is 1.47 bits per heavy atom. The van der Waals surface area contributed by atoms with Crippen molar-refractivity contribution in [2.24, 2.45) is 0 Å². The van der Waals surface area contributed by atoms with Crippen molar-refractivity contribution in [2.75, 3.05) is 26.2 Å². The van der Waals surface area contributed by atoms with Crippen LogP contribution in [0.2, 0.25) is 0 Å². The molecule has 0 radical (unpaired) electrons. The first-order valence-electron chi connectivity index (χ1n) is 6.32. The van der Waals surface area contributed by atoms with Gasteiger partial charge in [0.1, 0.15) is 12.4 Å². The minimum atomic E-state index is -0.494. The van der Waals surface area contributed by atoms with Crippen molar-refractivity contribution in [3.63, 3.8) is 0 Å². The Hall–Kier alpha value is -1.96. The zero-order chi connectivity index (χ0) is 13.7. The van der Waals surface area contributed by atoms with Crippen LogP contribution in [0.4, 0.5) is 5.69 Å². The van der Waals surface area contributed by atoms with Crippen molar-refractivity contribution in [2.45, 2.75) is 19.4 Å². The predicted octanol–water partition coefficient (Wildman–Crippen LogP) is 0.00330. The third-order valence-corrected chi connectivity index (χ3v) is 3.08. The first kappa shape index (κ1) is 13.5. The van der Waals surface area contributed by atoms with Gasteiger partial charge in [0.05, 0.1) is 4.92 Å². The van der Waals surface area contributed by atoms with Gasteiger partial charge in [-0.25, -0.2) is 0 Å². The number of nitrogens with one attached hydrogen (secondary N) is 1. The van der Waals surface area contributed by atoms with Gasteiger partial charge in [0.15, 0.2) is 0 Å². The van der Waals surface area contributed by atoms with Crippen LogP contribution in [0, 0.1) is 10.1 Å². The number of aryl methyl sites for hydroxylation is 1. The highest BCUT2D eigenvalue weighted by Crippen LogP contribution is 2.08. The predicted molar refractivity (Wildman–Crippen MR) is 67.6 cm³/mol. The van der Waals surface area contributed by atoms with E-state index in [4.69, 9.17) is 0 Å². The van der Waals surface area contributed by atoms with E-state index in [0.29, 0.717) is 13.0 Å². The molecule has 1 saturated heterocycles. The summed E-state index contributed by atoms with van der Waals surface area (Å²) in [4.78, 5) is 23.8. The van der Waals surface area contributed by atoms with Crippen LogP contribution in [-0.2, 0) is 11.3 Å². The average molecular weight is 267 g/mol. The number of carbonyl (C=O) groups excluding carboxylic acids is 1. The van der Waals surface area contributed by atoms with E-state index in [1.165, 1.54) is 17.1 Å². The zero-order valence-corrected chi connectivity index (χ0v) is 10.6. The summed E-state index contributed by atoms with van der Waals surface area (Å²) in [5.74, 6) is 0.0712. The summed E-state index contributed by atoms with van der Waals surface area (Å²) >= 11 is 0. The molecule has 0 aliphatic carbocycles. The fourth-order valence-electron chi connectivity index (χ4n) is 2.03. The summed E-state index contributed by atoms with van der Waals surface area (Å²) in [6.45, 7) is 3.62. The number of hydrogen-bond acceptors (Lipinski definition) is 5. The van der Waals surface area contributed by atoms with Crippen molar-refractivity contribution < 1.29 is 9.72 Å². The highest BCUT2D eigenvalue weighted by Gasteiger charge is 2.16. The van der Waals surface area contributed by atoms with E-state index in [9.17, 15) is 14.9 Å². The van der Waals surface area contributed by atoms with Crippen LogP contribution in [0.3, 0.4) is 0 Å². The Morgan fingerprint density at radius 2 is 2.32 bits per heavy atom. The SMILES string of the molecule is O=C(CCn1cc([N+](=O)[O-])cn1)N1CCCNCC1. The Bertz CT molecular complexity index is 451. The second-order valence-electron chi connectivity index (χ2n) is 4.45. The molecule has 0 atom stereocenters. The summed E-state index contributed by atoms with van der Waals surface area (Å²) in [6.07, 6.45) is 3.81. The molecule has 0 spiro atoms. The fourth-order valence-corrected chi connectivity index (χ4v) is 2.03. The summed E-state index contributed by atoms with van der Waals surface area (Å²) in [5.41, 5.74) is -0.0496. The minimum absolute atomic E-state index is 0.0496. The molecule has 2 rings (SSSR count). The Morgan fingerprint density at radius 3 is 3.05 bits per heavy atom. The van der Waals surface area contributed by atoms with Gasteiger partial charge in [-0.05, 0) is 13.0 Å². The molecule has 8 nitrogen and oxygen atoms in total. The van der Waals surface area contributed by atoms with Crippen LogP contribution in [0.1, 0.15) is 12.8 Å². The molecule has 104 valence electrons. The smallest absolute Gasteiger partial charge is 0.306 e. The summed E-state index contributed by atoms with van der Waals surface area (Å²) in [6, 6.07) is 0. The molecule has 0 aromatic carbocycles. The molecule has 1 aromatic rings. The molecular weight excluding hydrogens is 250 g/mol. The first-order valence-corrected chi connectivity index (χ1v) is 6.32. The van der Waals surface area contributed by atoms with E-state index >= 15 is 0 Å². The van der Waals surface area contributed by atoms with Crippen LogP contribution in [-0.4, -0.2) is 51.7 Å².